The lowest BCUT2D eigenvalue weighted by molar-refractivity contribution is -0.137. The number of carbonyl (C=O) groups excluding carboxylic acids is 1. The van der Waals surface area contributed by atoms with Gasteiger partial charge in [-0.1, -0.05) is 38.6 Å². The smallest absolute Gasteiger partial charge is 0.305 e. The van der Waals surface area contributed by atoms with Gasteiger partial charge in [-0.25, -0.2) is 0 Å². The topological polar surface area (TPSA) is 101 Å². The first-order chi connectivity index (χ1) is 18.0. The summed E-state index contributed by atoms with van der Waals surface area (Å²) in [6.07, 6.45) is 7.14. The summed E-state index contributed by atoms with van der Waals surface area (Å²) in [5.41, 5.74) is 5.51. The number of carboxylic acid groups (broad SMARTS) is 1. The molecule has 1 aromatic heterocycles. The van der Waals surface area contributed by atoms with Gasteiger partial charge in [0.25, 0.3) is 5.56 Å². The van der Waals surface area contributed by atoms with E-state index in [1.807, 2.05) is 58.9 Å². The molecule has 1 aliphatic carbocycles. The first-order valence-corrected chi connectivity index (χ1v) is 13.2. The second-order valence-electron chi connectivity index (χ2n) is 10.7. The molecular formula is C31H39N3O4. The number of hydrogen-bond acceptors (Lipinski definition) is 4. The monoisotopic (exact) mass is 517 g/mol. The third kappa shape index (κ3) is 7.63. The summed E-state index contributed by atoms with van der Waals surface area (Å²) in [4.78, 5) is 42.3. The van der Waals surface area contributed by atoms with Gasteiger partial charge in [-0.05, 0) is 91.3 Å². The Hall–Kier alpha value is -3.74. The minimum Gasteiger partial charge on any atom is -0.481 e. The molecular weight excluding hydrogens is 478 g/mol. The van der Waals surface area contributed by atoms with Gasteiger partial charge < -0.3 is 15.0 Å². The van der Waals surface area contributed by atoms with Gasteiger partial charge in [-0.3, -0.25) is 19.4 Å². The van der Waals surface area contributed by atoms with Crippen LogP contribution in [0.25, 0.3) is 5.57 Å². The van der Waals surface area contributed by atoms with E-state index in [2.05, 4.69) is 16.9 Å². The second-order valence-corrected chi connectivity index (χ2v) is 10.7. The van der Waals surface area contributed by atoms with Crippen LogP contribution in [0, 0.1) is 19.8 Å². The van der Waals surface area contributed by atoms with E-state index in [4.69, 9.17) is 0 Å². The molecule has 38 heavy (non-hydrogen) atoms. The maximum absolute atomic E-state index is 13.4. The minimum absolute atomic E-state index is 0.140. The molecule has 0 radical (unpaired) electrons. The Labute approximate surface area is 225 Å². The number of carbonyl (C=O) groups is 2. The van der Waals surface area contributed by atoms with E-state index in [0.717, 1.165) is 40.7 Å². The van der Waals surface area contributed by atoms with Crippen molar-refractivity contribution in [2.45, 2.75) is 78.3 Å². The largest absolute Gasteiger partial charge is 0.481 e. The molecule has 1 fully saturated rings. The van der Waals surface area contributed by atoms with Crippen molar-refractivity contribution in [3.8, 4) is 0 Å². The van der Waals surface area contributed by atoms with E-state index < -0.39 is 24.0 Å². The molecule has 3 rings (SSSR count). The summed E-state index contributed by atoms with van der Waals surface area (Å²) in [7, 11) is 0. The number of nitrogens with zero attached hydrogens (tertiary/aromatic N) is 2. The molecule has 0 spiro atoms. The Morgan fingerprint density at radius 3 is 2.42 bits per heavy atom. The third-order valence-electron chi connectivity index (χ3n) is 6.88. The number of amides is 1. The Balaban J connectivity index is 1.80. The van der Waals surface area contributed by atoms with E-state index in [1.54, 1.807) is 18.5 Å². The van der Waals surface area contributed by atoms with Crippen molar-refractivity contribution in [1.29, 1.82) is 0 Å². The van der Waals surface area contributed by atoms with E-state index in [-0.39, 0.29) is 17.9 Å². The first kappa shape index (κ1) is 28.8. The molecule has 2 N–H and O–H groups in total. The molecule has 7 heteroatoms. The normalized spacial score (nSPS) is 15.5. The van der Waals surface area contributed by atoms with Gasteiger partial charge in [-0.15, -0.1) is 0 Å². The van der Waals surface area contributed by atoms with E-state index >= 15 is 0 Å². The highest BCUT2D eigenvalue weighted by Gasteiger charge is 2.28. The number of carboxylic acids is 1. The van der Waals surface area contributed by atoms with Crippen molar-refractivity contribution in [2.24, 2.45) is 10.9 Å². The number of aryl methyl sites for hydroxylation is 2. The van der Waals surface area contributed by atoms with Gasteiger partial charge in [0.2, 0.25) is 5.91 Å². The molecule has 1 aliphatic rings. The molecule has 1 amide bonds. The fraction of sp³-hybridized carbons (Fsp3) is 0.419. The highest BCUT2D eigenvalue weighted by atomic mass is 16.4. The standard InChI is InChI=1S/C31H39N3O4/c1-19(2)14-27(34-13-12-25(15-28(34)35)24-10-11-24)31(38)33-26(16-29(36)37)22(5)17-32-18-23(6)30-20(3)8-7-9-21(30)4/h7-9,12-13,15,17-19,24,26-27H,5,10-11,14,16H2,1-4,6H3,(H,33,38)(H,36,37)/b23-18+,32-17-/t26-,27?/m1/s1. The average molecular weight is 518 g/mol. The van der Waals surface area contributed by atoms with Crippen molar-refractivity contribution in [2.75, 3.05) is 0 Å². The molecule has 1 heterocycles. The van der Waals surface area contributed by atoms with Gasteiger partial charge in [0.15, 0.2) is 0 Å². The predicted molar refractivity (Wildman–Crippen MR) is 153 cm³/mol. The van der Waals surface area contributed by atoms with E-state index in [1.165, 1.54) is 10.8 Å². The van der Waals surface area contributed by atoms with Gasteiger partial charge in [0, 0.05) is 24.7 Å². The van der Waals surface area contributed by atoms with Crippen LogP contribution in [-0.2, 0) is 9.59 Å². The number of aromatic nitrogens is 1. The van der Waals surface area contributed by atoms with E-state index in [9.17, 15) is 19.5 Å². The minimum atomic E-state index is -1.07. The summed E-state index contributed by atoms with van der Waals surface area (Å²) < 4.78 is 1.45. The van der Waals surface area contributed by atoms with Crippen LogP contribution in [0.2, 0.25) is 0 Å². The molecule has 202 valence electrons. The second kappa shape index (κ2) is 12.7. The third-order valence-corrected chi connectivity index (χ3v) is 6.88. The molecule has 1 saturated carbocycles. The van der Waals surface area contributed by atoms with E-state index in [0.29, 0.717) is 17.9 Å². The summed E-state index contributed by atoms with van der Waals surface area (Å²) in [5.74, 6) is -0.910. The van der Waals surface area contributed by atoms with Crippen LogP contribution >= 0.6 is 0 Å². The zero-order valence-corrected chi connectivity index (χ0v) is 23.0. The average Bonchev–Trinajstić information content (AvgIpc) is 3.67. The van der Waals surface area contributed by atoms with Crippen LogP contribution in [0.4, 0.5) is 0 Å². The SMILES string of the molecule is C=C(/C=N\C=C(/C)c1c(C)cccc1C)[C@@H](CC(=O)O)NC(=O)C(CC(C)C)n1ccc(C2CC2)cc1=O. The lowest BCUT2D eigenvalue weighted by atomic mass is 9.97. The van der Waals surface area contributed by atoms with Crippen LogP contribution in [0.3, 0.4) is 0 Å². The Morgan fingerprint density at radius 2 is 1.87 bits per heavy atom. The molecule has 7 nitrogen and oxygen atoms in total. The zero-order chi connectivity index (χ0) is 28.0. The molecule has 0 bridgehead atoms. The van der Waals surface area contributed by atoms with Crippen molar-refractivity contribution in [3.05, 3.63) is 87.5 Å². The molecule has 0 saturated heterocycles. The Morgan fingerprint density at radius 1 is 1.21 bits per heavy atom. The summed E-state index contributed by atoms with van der Waals surface area (Å²) in [5, 5.41) is 12.3. The quantitative estimate of drug-likeness (QED) is 0.359. The number of aliphatic imine (C=N–C) groups is 1. The molecule has 0 aliphatic heterocycles. The Bertz CT molecular complexity index is 1290. The molecule has 1 unspecified atom stereocenters. The molecule has 2 atom stereocenters. The summed E-state index contributed by atoms with van der Waals surface area (Å²) >= 11 is 0. The van der Waals surface area contributed by atoms with Crippen LogP contribution in [0.5, 0.6) is 0 Å². The molecule has 1 aromatic carbocycles. The van der Waals surface area contributed by atoms with Crippen molar-refractivity contribution in [1.82, 2.24) is 9.88 Å². The van der Waals surface area contributed by atoms with Crippen LogP contribution < -0.4 is 10.9 Å². The molecule has 2 aromatic rings. The van der Waals surface area contributed by atoms with Crippen LogP contribution in [0.15, 0.2) is 64.7 Å². The number of benzene rings is 1. The number of pyridine rings is 1. The Kier molecular flexibility index (Phi) is 9.61. The number of rotatable bonds is 12. The number of nitrogens with one attached hydrogen (secondary N) is 1. The van der Waals surface area contributed by atoms with Crippen LogP contribution in [-0.4, -0.2) is 33.8 Å². The summed E-state index contributed by atoms with van der Waals surface area (Å²) in [6.45, 7) is 14.0. The highest BCUT2D eigenvalue weighted by molar-refractivity contribution is 5.87. The van der Waals surface area contributed by atoms with Gasteiger partial charge in [-0.2, -0.15) is 0 Å². The fourth-order valence-electron chi connectivity index (χ4n) is 4.78. The number of hydrogen-bond donors (Lipinski definition) is 2. The maximum atomic E-state index is 13.4. The summed E-state index contributed by atoms with van der Waals surface area (Å²) in [6, 6.07) is 7.98. The van der Waals surface area contributed by atoms with Gasteiger partial charge >= 0.3 is 5.97 Å². The van der Waals surface area contributed by atoms with Gasteiger partial charge in [0.05, 0.1) is 12.5 Å². The van der Waals surface area contributed by atoms with Crippen molar-refractivity contribution < 1.29 is 14.7 Å². The van der Waals surface area contributed by atoms with Crippen LogP contribution in [0.1, 0.15) is 80.7 Å². The first-order valence-electron chi connectivity index (χ1n) is 13.2. The maximum Gasteiger partial charge on any atom is 0.305 e. The fourth-order valence-corrected chi connectivity index (χ4v) is 4.78. The lowest BCUT2D eigenvalue weighted by Gasteiger charge is -2.25. The highest BCUT2D eigenvalue weighted by Crippen LogP contribution is 2.39. The van der Waals surface area contributed by atoms with Gasteiger partial charge in [0.1, 0.15) is 6.04 Å². The van der Waals surface area contributed by atoms with Crippen molar-refractivity contribution in [3.63, 3.8) is 0 Å². The predicted octanol–water partition coefficient (Wildman–Crippen LogP) is 5.58. The lowest BCUT2D eigenvalue weighted by Crippen LogP contribution is -2.44. The number of aliphatic carboxylic acids is 1. The zero-order valence-electron chi connectivity index (χ0n) is 23.0. The number of allylic oxidation sites excluding steroid dienone is 1. The van der Waals surface area contributed by atoms with Crippen molar-refractivity contribution >= 4 is 23.7 Å².